The van der Waals surface area contributed by atoms with Crippen LogP contribution in [0.4, 0.5) is 0 Å². The average molecular weight is 338 g/mol. The summed E-state index contributed by atoms with van der Waals surface area (Å²) < 4.78 is 5.67. The molecular weight excluding hydrogens is 312 g/mol. The Morgan fingerprint density at radius 3 is 2.44 bits per heavy atom. The van der Waals surface area contributed by atoms with Gasteiger partial charge in [-0.25, -0.2) is 5.43 Å². The standard InChI is InChI=1S/C21H26N2O2/c1-3-4-5-6-15-25-20-13-11-19(12-14-20)21(24)23-22-16-18-9-7-17(2)8-10-18/h7-14,16H,3-6,15H2,1-2H3,(H,23,24)/b22-16+. The lowest BCUT2D eigenvalue weighted by Gasteiger charge is -2.06. The van der Waals surface area contributed by atoms with Gasteiger partial charge < -0.3 is 4.74 Å². The first-order valence-electron chi connectivity index (χ1n) is 8.82. The van der Waals surface area contributed by atoms with Crippen molar-refractivity contribution in [1.82, 2.24) is 5.43 Å². The highest BCUT2D eigenvalue weighted by molar-refractivity contribution is 5.94. The maximum atomic E-state index is 12.1. The van der Waals surface area contributed by atoms with Gasteiger partial charge in [0.1, 0.15) is 5.75 Å². The molecule has 1 N–H and O–H groups in total. The van der Waals surface area contributed by atoms with E-state index in [1.54, 1.807) is 18.3 Å². The molecule has 0 spiro atoms. The lowest BCUT2D eigenvalue weighted by Crippen LogP contribution is -2.17. The van der Waals surface area contributed by atoms with Crippen molar-refractivity contribution >= 4 is 12.1 Å². The van der Waals surface area contributed by atoms with Crippen LogP contribution in [-0.4, -0.2) is 18.7 Å². The molecule has 0 atom stereocenters. The zero-order valence-corrected chi connectivity index (χ0v) is 15.0. The highest BCUT2D eigenvalue weighted by atomic mass is 16.5. The van der Waals surface area contributed by atoms with Gasteiger partial charge in [-0.2, -0.15) is 5.10 Å². The molecule has 132 valence electrons. The van der Waals surface area contributed by atoms with Gasteiger partial charge in [0, 0.05) is 5.56 Å². The molecule has 4 nitrogen and oxygen atoms in total. The number of hydrogen-bond acceptors (Lipinski definition) is 3. The smallest absolute Gasteiger partial charge is 0.271 e. The summed E-state index contributed by atoms with van der Waals surface area (Å²) in [6, 6.07) is 15.1. The van der Waals surface area contributed by atoms with Crippen LogP contribution in [0.15, 0.2) is 53.6 Å². The Kier molecular flexibility index (Phi) is 7.70. The van der Waals surface area contributed by atoms with Crippen LogP contribution in [0.25, 0.3) is 0 Å². The number of aryl methyl sites for hydroxylation is 1. The second kappa shape index (κ2) is 10.3. The molecule has 0 fully saturated rings. The molecule has 0 saturated heterocycles. The van der Waals surface area contributed by atoms with Gasteiger partial charge in [0.25, 0.3) is 5.91 Å². The number of ether oxygens (including phenoxy) is 1. The highest BCUT2D eigenvalue weighted by Crippen LogP contribution is 2.13. The third-order valence-electron chi connectivity index (χ3n) is 3.84. The summed E-state index contributed by atoms with van der Waals surface area (Å²) in [6.07, 6.45) is 6.34. The van der Waals surface area contributed by atoms with E-state index in [9.17, 15) is 4.79 Å². The SMILES string of the molecule is CCCCCCOc1ccc(C(=O)N/N=C/c2ccc(C)cc2)cc1. The molecule has 2 rings (SSSR count). The fraction of sp³-hybridized carbons (Fsp3) is 0.333. The molecule has 1 amide bonds. The number of hydrazone groups is 1. The van der Waals surface area contributed by atoms with Crippen LogP contribution >= 0.6 is 0 Å². The summed E-state index contributed by atoms with van der Waals surface area (Å²) in [7, 11) is 0. The van der Waals surface area contributed by atoms with Crippen molar-refractivity contribution in [3.8, 4) is 5.75 Å². The normalized spacial score (nSPS) is 10.8. The monoisotopic (exact) mass is 338 g/mol. The number of carbonyl (C=O) groups is 1. The van der Waals surface area contributed by atoms with Crippen molar-refractivity contribution < 1.29 is 9.53 Å². The van der Waals surface area contributed by atoms with Gasteiger partial charge in [-0.3, -0.25) is 4.79 Å². The second-order valence-electron chi connectivity index (χ2n) is 6.04. The van der Waals surface area contributed by atoms with E-state index in [1.165, 1.54) is 24.8 Å². The number of carbonyl (C=O) groups excluding carboxylic acids is 1. The third-order valence-corrected chi connectivity index (χ3v) is 3.84. The molecule has 2 aromatic rings. The molecule has 0 heterocycles. The van der Waals surface area contributed by atoms with Gasteiger partial charge in [-0.1, -0.05) is 56.0 Å². The van der Waals surface area contributed by atoms with Gasteiger partial charge in [-0.05, 0) is 43.2 Å². The van der Waals surface area contributed by atoms with Gasteiger partial charge in [0.2, 0.25) is 0 Å². The minimum absolute atomic E-state index is 0.238. The van der Waals surface area contributed by atoms with Gasteiger partial charge in [-0.15, -0.1) is 0 Å². The van der Waals surface area contributed by atoms with E-state index in [4.69, 9.17) is 4.74 Å². The van der Waals surface area contributed by atoms with E-state index in [0.29, 0.717) is 12.2 Å². The van der Waals surface area contributed by atoms with E-state index in [1.807, 2.05) is 43.3 Å². The molecule has 0 unspecified atom stereocenters. The van der Waals surface area contributed by atoms with Crippen LogP contribution < -0.4 is 10.2 Å². The Labute approximate surface area is 149 Å². The first-order chi connectivity index (χ1) is 12.2. The molecular formula is C21H26N2O2. The largest absolute Gasteiger partial charge is 0.494 e. The summed E-state index contributed by atoms with van der Waals surface area (Å²) in [4.78, 5) is 12.1. The van der Waals surface area contributed by atoms with Gasteiger partial charge >= 0.3 is 0 Å². The topological polar surface area (TPSA) is 50.7 Å². The fourth-order valence-corrected chi connectivity index (χ4v) is 2.30. The number of benzene rings is 2. The number of rotatable bonds is 9. The Bertz CT molecular complexity index is 676. The van der Waals surface area contributed by atoms with E-state index < -0.39 is 0 Å². The molecule has 0 radical (unpaired) electrons. The van der Waals surface area contributed by atoms with Crippen LogP contribution in [0.2, 0.25) is 0 Å². The van der Waals surface area contributed by atoms with Crippen LogP contribution in [-0.2, 0) is 0 Å². The quantitative estimate of drug-likeness (QED) is 0.409. The summed E-state index contributed by atoms with van der Waals surface area (Å²) in [5, 5.41) is 3.99. The van der Waals surface area contributed by atoms with Crippen LogP contribution in [0, 0.1) is 6.92 Å². The Hall–Kier alpha value is -2.62. The lowest BCUT2D eigenvalue weighted by molar-refractivity contribution is 0.0955. The predicted octanol–water partition coefficient (Wildman–Crippen LogP) is 4.72. The predicted molar refractivity (Wildman–Crippen MR) is 102 cm³/mol. The maximum absolute atomic E-state index is 12.1. The number of unbranched alkanes of at least 4 members (excludes halogenated alkanes) is 3. The minimum Gasteiger partial charge on any atom is -0.494 e. The summed E-state index contributed by atoms with van der Waals surface area (Å²) in [6.45, 7) is 4.93. The Morgan fingerprint density at radius 2 is 1.76 bits per heavy atom. The average Bonchev–Trinajstić information content (AvgIpc) is 2.63. The molecule has 0 aliphatic rings. The van der Waals surface area contributed by atoms with Crippen molar-refractivity contribution in [2.75, 3.05) is 6.61 Å². The van der Waals surface area contributed by atoms with E-state index in [-0.39, 0.29) is 5.91 Å². The van der Waals surface area contributed by atoms with E-state index >= 15 is 0 Å². The third kappa shape index (κ3) is 6.79. The Balaban J connectivity index is 1.78. The van der Waals surface area contributed by atoms with Gasteiger partial charge in [0.05, 0.1) is 12.8 Å². The van der Waals surface area contributed by atoms with Crippen molar-refractivity contribution in [2.24, 2.45) is 5.10 Å². The first-order valence-corrected chi connectivity index (χ1v) is 8.82. The number of hydrogen-bond donors (Lipinski definition) is 1. The molecule has 0 aromatic heterocycles. The molecule has 0 bridgehead atoms. The zero-order chi connectivity index (χ0) is 17.9. The molecule has 25 heavy (non-hydrogen) atoms. The van der Waals surface area contributed by atoms with Crippen molar-refractivity contribution in [1.29, 1.82) is 0 Å². The highest BCUT2D eigenvalue weighted by Gasteiger charge is 2.04. The summed E-state index contributed by atoms with van der Waals surface area (Å²) in [5.74, 6) is 0.550. The number of nitrogens with zero attached hydrogens (tertiary/aromatic N) is 1. The minimum atomic E-state index is -0.238. The van der Waals surface area contributed by atoms with Crippen molar-refractivity contribution in [3.63, 3.8) is 0 Å². The molecule has 2 aromatic carbocycles. The molecule has 0 saturated carbocycles. The molecule has 0 aliphatic carbocycles. The Morgan fingerprint density at radius 1 is 1.04 bits per heavy atom. The number of amides is 1. The van der Waals surface area contributed by atoms with E-state index in [2.05, 4.69) is 17.5 Å². The second-order valence-corrected chi connectivity index (χ2v) is 6.04. The maximum Gasteiger partial charge on any atom is 0.271 e. The van der Waals surface area contributed by atoms with Crippen LogP contribution in [0.1, 0.15) is 54.1 Å². The van der Waals surface area contributed by atoms with Crippen molar-refractivity contribution in [2.45, 2.75) is 39.5 Å². The molecule has 0 aliphatic heterocycles. The molecule has 4 heteroatoms. The van der Waals surface area contributed by atoms with Crippen molar-refractivity contribution in [3.05, 3.63) is 65.2 Å². The van der Waals surface area contributed by atoms with Gasteiger partial charge in [0.15, 0.2) is 0 Å². The van der Waals surface area contributed by atoms with Crippen LogP contribution in [0.5, 0.6) is 5.75 Å². The first kappa shape index (κ1) is 18.7. The number of nitrogens with one attached hydrogen (secondary N) is 1. The fourth-order valence-electron chi connectivity index (χ4n) is 2.30. The lowest BCUT2D eigenvalue weighted by atomic mass is 10.2. The zero-order valence-electron chi connectivity index (χ0n) is 15.0. The summed E-state index contributed by atoms with van der Waals surface area (Å²) in [5.41, 5.74) is 5.22. The van der Waals surface area contributed by atoms with E-state index in [0.717, 1.165) is 17.7 Å². The van der Waals surface area contributed by atoms with Crippen LogP contribution in [0.3, 0.4) is 0 Å². The summed E-state index contributed by atoms with van der Waals surface area (Å²) >= 11 is 0.